The number of esters is 2. The molecule has 0 unspecified atom stereocenters. The van der Waals surface area contributed by atoms with Crippen molar-refractivity contribution in [2.45, 2.75) is 65.2 Å². The van der Waals surface area contributed by atoms with Gasteiger partial charge in [0.15, 0.2) is 0 Å². The highest BCUT2D eigenvalue weighted by atomic mass is 16.6. The van der Waals surface area contributed by atoms with Gasteiger partial charge in [0, 0.05) is 12.0 Å². The Labute approximate surface area is 318 Å². The summed E-state index contributed by atoms with van der Waals surface area (Å²) >= 11 is 0. The van der Waals surface area contributed by atoms with E-state index < -0.39 is 5.97 Å². The van der Waals surface area contributed by atoms with Gasteiger partial charge in [-0.25, -0.2) is 4.79 Å². The molecule has 0 fully saturated rings. The van der Waals surface area contributed by atoms with Gasteiger partial charge in [0.05, 0.1) is 145 Å². The van der Waals surface area contributed by atoms with Crippen molar-refractivity contribution in [3.63, 3.8) is 0 Å². The Kier molecular flexibility index (Phi) is 43.2. The lowest BCUT2D eigenvalue weighted by Crippen LogP contribution is -2.16. The van der Waals surface area contributed by atoms with Crippen LogP contribution in [0.15, 0.2) is 12.2 Å². The fourth-order valence-electron chi connectivity index (χ4n) is 4.13. The molecular formula is C38H72O15. The highest BCUT2D eigenvalue weighted by Crippen LogP contribution is 2.08. The van der Waals surface area contributed by atoms with E-state index in [9.17, 15) is 9.59 Å². The molecule has 15 nitrogen and oxygen atoms in total. The highest BCUT2D eigenvalue weighted by molar-refractivity contribution is 5.86. The standard InChI is InChI=1S/C38H72O15/c1-4-5-6-7-8-9-10-11-37(39)52-34-32-50-30-28-48-26-24-46-22-20-44-18-16-42-14-12-41-13-15-43-17-19-45-21-23-47-25-27-49-29-31-51-33-35-53-38(40)36(2)3/h2,4-35H2,1,3H3. The summed E-state index contributed by atoms with van der Waals surface area (Å²) in [4.78, 5) is 22.9. The number of unbranched alkanes of at least 4 members (excludes halogenated alkanes) is 6. The van der Waals surface area contributed by atoms with Crippen LogP contribution >= 0.6 is 0 Å². The minimum absolute atomic E-state index is 0.145. The third kappa shape index (κ3) is 44.5. The molecule has 0 N–H and O–H groups in total. The molecule has 0 saturated carbocycles. The molecule has 0 aliphatic heterocycles. The Balaban J connectivity index is 3.12. The molecule has 0 bridgehead atoms. The minimum atomic E-state index is -0.415. The van der Waals surface area contributed by atoms with Crippen LogP contribution in [0.2, 0.25) is 0 Å². The van der Waals surface area contributed by atoms with E-state index in [0.717, 1.165) is 12.8 Å². The molecule has 0 radical (unpaired) electrons. The van der Waals surface area contributed by atoms with Crippen molar-refractivity contribution in [1.29, 1.82) is 0 Å². The first-order valence-electron chi connectivity index (χ1n) is 19.4. The van der Waals surface area contributed by atoms with E-state index in [1.54, 1.807) is 6.92 Å². The largest absolute Gasteiger partial charge is 0.463 e. The Hall–Kier alpha value is -1.76. The number of hydrogen-bond acceptors (Lipinski definition) is 15. The zero-order chi connectivity index (χ0) is 38.6. The SMILES string of the molecule is C=C(C)C(=O)OCCOCCOCCOCCOCCOCCOCCOCCOCCOCCOCCOCCOC(=O)CCCCCCCCC. The van der Waals surface area contributed by atoms with Crippen molar-refractivity contribution in [1.82, 2.24) is 0 Å². The van der Waals surface area contributed by atoms with Gasteiger partial charge in [0.2, 0.25) is 0 Å². The van der Waals surface area contributed by atoms with Crippen molar-refractivity contribution in [2.24, 2.45) is 0 Å². The average Bonchev–Trinajstić information content (AvgIpc) is 3.15. The predicted molar refractivity (Wildman–Crippen MR) is 198 cm³/mol. The molecule has 53 heavy (non-hydrogen) atoms. The molecule has 314 valence electrons. The van der Waals surface area contributed by atoms with E-state index in [1.807, 2.05) is 0 Å². The Bertz CT molecular complexity index is 787. The summed E-state index contributed by atoms with van der Waals surface area (Å²) in [6.07, 6.45) is 8.76. The summed E-state index contributed by atoms with van der Waals surface area (Å²) in [5.74, 6) is -0.561. The molecule has 0 aliphatic rings. The van der Waals surface area contributed by atoms with E-state index in [4.69, 9.17) is 61.6 Å². The lowest BCUT2D eigenvalue weighted by atomic mass is 10.1. The van der Waals surface area contributed by atoms with E-state index in [1.165, 1.54) is 32.1 Å². The molecule has 0 atom stereocenters. The molecule has 0 spiro atoms. The Morgan fingerprint density at radius 3 is 0.887 bits per heavy atom. The van der Waals surface area contributed by atoms with Crippen LogP contribution in [0.5, 0.6) is 0 Å². The number of rotatable bonds is 45. The van der Waals surface area contributed by atoms with E-state index in [-0.39, 0.29) is 19.2 Å². The van der Waals surface area contributed by atoms with Crippen LogP contribution < -0.4 is 0 Å². The minimum Gasteiger partial charge on any atom is -0.463 e. The Morgan fingerprint density at radius 1 is 0.358 bits per heavy atom. The summed E-state index contributed by atoms with van der Waals surface area (Å²) in [6.45, 7) is 18.0. The van der Waals surface area contributed by atoms with E-state index in [0.29, 0.717) is 157 Å². The summed E-state index contributed by atoms with van der Waals surface area (Å²) in [5.41, 5.74) is 0.367. The van der Waals surface area contributed by atoms with Crippen molar-refractivity contribution < 1.29 is 71.2 Å². The fourth-order valence-corrected chi connectivity index (χ4v) is 4.13. The van der Waals surface area contributed by atoms with Gasteiger partial charge in [-0.15, -0.1) is 0 Å². The number of carbonyl (C=O) groups is 2. The summed E-state index contributed by atoms with van der Waals surface area (Å²) < 4.78 is 70.0. The second kappa shape index (κ2) is 44.6. The first-order chi connectivity index (χ1) is 26.1. The summed E-state index contributed by atoms with van der Waals surface area (Å²) in [6, 6.07) is 0. The lowest BCUT2D eigenvalue weighted by Gasteiger charge is -2.09. The highest BCUT2D eigenvalue weighted by Gasteiger charge is 2.04. The molecule has 0 aromatic heterocycles. The van der Waals surface area contributed by atoms with Crippen LogP contribution in [0.3, 0.4) is 0 Å². The fraction of sp³-hybridized carbons (Fsp3) is 0.895. The molecular weight excluding hydrogens is 696 g/mol. The smallest absolute Gasteiger partial charge is 0.333 e. The molecule has 0 aromatic rings. The first-order valence-corrected chi connectivity index (χ1v) is 19.4. The van der Waals surface area contributed by atoms with Gasteiger partial charge in [-0.05, 0) is 13.3 Å². The molecule has 0 saturated heterocycles. The lowest BCUT2D eigenvalue weighted by molar-refractivity contribution is -0.145. The van der Waals surface area contributed by atoms with Crippen LogP contribution in [-0.4, -0.2) is 171 Å². The maximum absolute atomic E-state index is 11.7. The van der Waals surface area contributed by atoms with Crippen molar-refractivity contribution >= 4 is 11.9 Å². The third-order valence-electron chi connectivity index (χ3n) is 7.00. The molecule has 0 rings (SSSR count). The zero-order valence-corrected chi connectivity index (χ0v) is 33.0. The number of carbonyl (C=O) groups excluding carboxylic acids is 2. The second-order valence-corrected chi connectivity index (χ2v) is 11.7. The average molecular weight is 769 g/mol. The maximum Gasteiger partial charge on any atom is 0.333 e. The molecule has 0 aliphatic carbocycles. The van der Waals surface area contributed by atoms with Crippen LogP contribution in [0.25, 0.3) is 0 Å². The quantitative estimate of drug-likeness (QED) is 0.0498. The van der Waals surface area contributed by atoms with Gasteiger partial charge in [-0.2, -0.15) is 0 Å². The van der Waals surface area contributed by atoms with Crippen LogP contribution in [0.1, 0.15) is 65.2 Å². The topological polar surface area (TPSA) is 154 Å². The molecule has 0 heterocycles. The van der Waals surface area contributed by atoms with E-state index >= 15 is 0 Å². The maximum atomic E-state index is 11.7. The van der Waals surface area contributed by atoms with Gasteiger partial charge in [0.1, 0.15) is 13.2 Å². The van der Waals surface area contributed by atoms with Crippen LogP contribution in [0, 0.1) is 0 Å². The monoisotopic (exact) mass is 768 g/mol. The van der Waals surface area contributed by atoms with Crippen molar-refractivity contribution in [2.75, 3.05) is 159 Å². The van der Waals surface area contributed by atoms with Crippen LogP contribution in [0.4, 0.5) is 0 Å². The number of ether oxygens (including phenoxy) is 13. The predicted octanol–water partition coefficient (Wildman–Crippen LogP) is 3.97. The normalized spacial score (nSPS) is 11.3. The van der Waals surface area contributed by atoms with Crippen molar-refractivity contribution in [3.05, 3.63) is 12.2 Å². The van der Waals surface area contributed by atoms with Gasteiger partial charge < -0.3 is 61.6 Å². The van der Waals surface area contributed by atoms with Gasteiger partial charge in [-0.1, -0.05) is 52.0 Å². The molecule has 0 amide bonds. The zero-order valence-electron chi connectivity index (χ0n) is 33.0. The molecule has 15 heteroatoms. The summed E-state index contributed by atoms with van der Waals surface area (Å²) in [7, 11) is 0. The van der Waals surface area contributed by atoms with Crippen molar-refractivity contribution in [3.8, 4) is 0 Å². The van der Waals surface area contributed by atoms with Gasteiger partial charge in [0.25, 0.3) is 0 Å². The summed E-state index contributed by atoms with van der Waals surface area (Å²) in [5, 5.41) is 0. The van der Waals surface area contributed by atoms with Crippen LogP contribution in [-0.2, 0) is 71.2 Å². The van der Waals surface area contributed by atoms with Gasteiger partial charge in [-0.3, -0.25) is 4.79 Å². The third-order valence-corrected chi connectivity index (χ3v) is 7.00. The molecule has 0 aromatic carbocycles. The van der Waals surface area contributed by atoms with E-state index in [2.05, 4.69) is 13.5 Å². The Morgan fingerprint density at radius 2 is 0.604 bits per heavy atom. The number of hydrogen-bond donors (Lipinski definition) is 0. The van der Waals surface area contributed by atoms with Gasteiger partial charge >= 0.3 is 11.9 Å². The first kappa shape index (κ1) is 51.2. The second-order valence-electron chi connectivity index (χ2n) is 11.7.